The zero-order chi connectivity index (χ0) is 30.3. The molecule has 0 N–H and O–H groups in total. The summed E-state index contributed by atoms with van der Waals surface area (Å²) < 4.78 is 0. The minimum Gasteiger partial charge on any atom is -1.00 e. The van der Waals surface area contributed by atoms with Crippen LogP contribution in [0.25, 0.3) is 0 Å². The van der Waals surface area contributed by atoms with Crippen LogP contribution in [-0.2, 0) is 21.7 Å². The van der Waals surface area contributed by atoms with Crippen molar-refractivity contribution in [3.05, 3.63) is 57.6 Å². The van der Waals surface area contributed by atoms with Crippen LogP contribution in [-0.4, -0.2) is 41.9 Å². The molecule has 0 saturated heterocycles. The third kappa shape index (κ3) is 11.2. The second kappa shape index (κ2) is 16.6. The maximum Gasteiger partial charge on any atom is 3.00 e. The molecule has 0 aliphatic heterocycles. The molecule has 2 atom stereocenters. The molecule has 0 unspecified atom stereocenters. The Morgan fingerprint density at radius 2 is 0.864 bits per heavy atom. The molecule has 0 spiro atoms. The van der Waals surface area contributed by atoms with Crippen molar-refractivity contribution in [3.63, 3.8) is 0 Å². The van der Waals surface area contributed by atoms with Crippen LogP contribution in [0.15, 0.2) is 34.3 Å². The van der Waals surface area contributed by atoms with E-state index in [1.165, 1.54) is 0 Å². The number of hydrogen-bond donors (Lipinski definition) is 0. The van der Waals surface area contributed by atoms with Gasteiger partial charge in [0.15, 0.2) is 0 Å². The number of rotatable bonds is 4. The Hall–Kier alpha value is -1.22. The Balaban J connectivity index is 0. The first-order valence-corrected chi connectivity index (χ1v) is 15.0. The first-order chi connectivity index (χ1) is 18.2. The maximum atomic E-state index is 13.5. The molecule has 3 rings (SSSR count). The zero-order valence-corrected chi connectivity index (χ0v) is 32.5. The summed E-state index contributed by atoms with van der Waals surface area (Å²) in [6.45, 7) is 25.6. The SMILES string of the molecule is CC(C)(C)c1cc(C=N[C@H]2CCCC[C@@H]2N=Cc2cc(C(C)(C)C)cc(C(C)(C)C)c2[O-])c([O-])c(C(C)(C)C)c1.Cl.Cl.[Al+3].[Cl-]. The smallest absolute Gasteiger partial charge is 1.00 e. The minimum absolute atomic E-state index is 0. The monoisotopic (exact) mass is 678 g/mol. The van der Waals surface area contributed by atoms with Crippen molar-refractivity contribution in [2.75, 3.05) is 0 Å². The zero-order valence-electron chi connectivity index (χ0n) is 28.9. The van der Waals surface area contributed by atoms with Crippen LogP contribution in [0.2, 0.25) is 0 Å². The molecule has 2 aromatic rings. The Labute approximate surface area is 297 Å². The molecule has 44 heavy (non-hydrogen) atoms. The number of hydrogen-bond acceptors (Lipinski definition) is 4. The molecular formula is C36H54AlCl3N2O2. The minimum atomic E-state index is -0.248. The van der Waals surface area contributed by atoms with Gasteiger partial charge in [-0.05, 0) is 67.9 Å². The Bertz CT molecular complexity index is 1180. The molecule has 1 aliphatic carbocycles. The number of aliphatic imine (C=N–C) groups is 2. The molecular weight excluding hydrogens is 626 g/mol. The van der Waals surface area contributed by atoms with E-state index in [0.29, 0.717) is 11.1 Å². The number of nitrogens with zero attached hydrogens (tertiary/aromatic N) is 2. The van der Waals surface area contributed by atoms with E-state index >= 15 is 0 Å². The van der Waals surface area contributed by atoms with Crippen LogP contribution in [0.4, 0.5) is 0 Å². The molecule has 0 aromatic heterocycles. The molecule has 1 fully saturated rings. The normalized spacial score (nSPS) is 17.8. The van der Waals surface area contributed by atoms with Gasteiger partial charge in [-0.15, -0.1) is 24.8 Å². The molecule has 0 amide bonds. The van der Waals surface area contributed by atoms with Crippen molar-refractivity contribution in [3.8, 4) is 11.5 Å². The van der Waals surface area contributed by atoms with Gasteiger partial charge in [0.1, 0.15) is 0 Å². The second-order valence-corrected chi connectivity index (χ2v) is 15.9. The van der Waals surface area contributed by atoms with E-state index in [1.807, 2.05) is 12.1 Å². The van der Waals surface area contributed by atoms with Crippen molar-refractivity contribution in [2.24, 2.45) is 9.98 Å². The van der Waals surface area contributed by atoms with Gasteiger partial charge in [-0.1, -0.05) is 132 Å². The molecule has 4 nitrogen and oxygen atoms in total. The summed E-state index contributed by atoms with van der Waals surface area (Å²) in [5.41, 5.74) is 4.62. The summed E-state index contributed by atoms with van der Waals surface area (Å²) in [6.07, 6.45) is 7.63. The van der Waals surface area contributed by atoms with Gasteiger partial charge in [0.05, 0.1) is 12.1 Å². The van der Waals surface area contributed by atoms with E-state index in [0.717, 1.165) is 47.9 Å². The summed E-state index contributed by atoms with van der Waals surface area (Å²) in [6, 6.07) is 8.15. The quantitative estimate of drug-likeness (QED) is 0.324. The fourth-order valence-corrected chi connectivity index (χ4v) is 5.27. The van der Waals surface area contributed by atoms with Crippen molar-refractivity contribution in [2.45, 2.75) is 143 Å². The molecule has 1 saturated carbocycles. The van der Waals surface area contributed by atoms with Gasteiger partial charge < -0.3 is 22.6 Å². The second-order valence-electron chi connectivity index (χ2n) is 15.9. The van der Waals surface area contributed by atoms with Gasteiger partial charge in [-0.3, -0.25) is 9.98 Å². The van der Waals surface area contributed by atoms with E-state index in [4.69, 9.17) is 9.98 Å². The predicted molar refractivity (Wildman–Crippen MR) is 188 cm³/mol. The van der Waals surface area contributed by atoms with E-state index < -0.39 is 0 Å². The molecule has 8 heteroatoms. The van der Waals surface area contributed by atoms with Crippen LogP contribution in [0, 0.1) is 0 Å². The van der Waals surface area contributed by atoms with Gasteiger partial charge in [-0.25, -0.2) is 0 Å². The summed E-state index contributed by atoms with van der Waals surface area (Å²) in [5, 5.41) is 26.9. The molecule has 2 aromatic carbocycles. The fourth-order valence-electron chi connectivity index (χ4n) is 5.27. The third-order valence-corrected chi connectivity index (χ3v) is 8.09. The Morgan fingerprint density at radius 1 is 0.568 bits per heavy atom. The first kappa shape index (κ1) is 44.9. The van der Waals surface area contributed by atoms with Gasteiger partial charge in [0.2, 0.25) is 0 Å². The van der Waals surface area contributed by atoms with Gasteiger partial charge in [-0.2, -0.15) is 0 Å². The standard InChI is InChI=1S/C36H54N2O2.Al.3ClH/c1-33(2,3)25-17-23(31(39)27(19-25)35(7,8)9)21-37-29-15-13-14-16-30(29)38-22-24-18-26(34(4,5)6)20-28(32(24)40)36(10,11)12;;;;/h17-22,29-30,39-40H,13-16H2,1-12H3;;3*1H/q;+3;;;/p-3/t29-,30-;;;;/m0..../s1. The number of benzene rings is 2. The molecule has 0 heterocycles. The van der Waals surface area contributed by atoms with Crippen molar-refractivity contribution < 1.29 is 22.6 Å². The first-order valence-electron chi connectivity index (χ1n) is 15.0. The van der Waals surface area contributed by atoms with Crippen LogP contribution < -0.4 is 22.6 Å². The average molecular weight is 680 g/mol. The summed E-state index contributed by atoms with van der Waals surface area (Å²) >= 11 is 0. The van der Waals surface area contributed by atoms with Crippen LogP contribution >= 0.6 is 24.8 Å². The van der Waals surface area contributed by atoms with Crippen molar-refractivity contribution in [1.29, 1.82) is 0 Å². The fraction of sp³-hybridized carbons (Fsp3) is 0.611. The average Bonchev–Trinajstić information content (AvgIpc) is 2.80. The topological polar surface area (TPSA) is 70.8 Å². The largest absolute Gasteiger partial charge is 3.00 e. The molecule has 1 aliphatic rings. The Morgan fingerprint density at radius 3 is 1.11 bits per heavy atom. The van der Waals surface area contributed by atoms with Gasteiger partial charge in [0, 0.05) is 12.4 Å². The van der Waals surface area contributed by atoms with Crippen molar-refractivity contribution in [1.82, 2.24) is 0 Å². The van der Waals surface area contributed by atoms with Gasteiger partial charge >= 0.3 is 17.4 Å². The predicted octanol–water partition coefficient (Wildman–Crippen LogP) is 5.34. The molecule has 0 bridgehead atoms. The van der Waals surface area contributed by atoms with Crippen molar-refractivity contribution >= 4 is 54.6 Å². The van der Waals surface area contributed by atoms with E-state index in [1.54, 1.807) is 12.4 Å². The third-order valence-electron chi connectivity index (χ3n) is 8.09. The number of halogens is 3. The summed E-state index contributed by atoms with van der Waals surface area (Å²) in [4.78, 5) is 9.95. The van der Waals surface area contributed by atoms with Gasteiger partial charge in [0.25, 0.3) is 0 Å². The van der Waals surface area contributed by atoms with E-state index in [2.05, 4.69) is 95.2 Å². The molecule has 0 radical (unpaired) electrons. The van der Waals surface area contributed by atoms with E-state index in [9.17, 15) is 10.2 Å². The van der Waals surface area contributed by atoms with Crippen LogP contribution in [0.3, 0.4) is 0 Å². The van der Waals surface area contributed by atoms with E-state index in [-0.39, 0.29) is 99.8 Å². The maximum absolute atomic E-state index is 13.5. The molecule has 244 valence electrons. The Kier molecular flexibility index (Phi) is 16.9. The summed E-state index contributed by atoms with van der Waals surface area (Å²) in [5.74, 6) is 0.120. The van der Waals surface area contributed by atoms with Crippen LogP contribution in [0.5, 0.6) is 11.5 Å². The summed E-state index contributed by atoms with van der Waals surface area (Å²) in [7, 11) is 0. The van der Waals surface area contributed by atoms with Crippen LogP contribution in [0.1, 0.15) is 142 Å².